The minimum absolute atomic E-state index is 0.711. The van der Waals surface area contributed by atoms with Gasteiger partial charge in [0.2, 0.25) is 0 Å². The first-order valence-corrected chi connectivity index (χ1v) is 8.80. The third-order valence-corrected chi connectivity index (χ3v) is 5.38. The van der Waals surface area contributed by atoms with E-state index >= 15 is 0 Å². The molecule has 0 bridgehead atoms. The molecule has 0 saturated carbocycles. The van der Waals surface area contributed by atoms with Gasteiger partial charge >= 0.3 is 0 Å². The largest absolute Gasteiger partial charge is 0.375 e. The number of rotatable bonds is 3. The molecule has 5 heteroatoms. The minimum Gasteiger partial charge on any atom is -0.375 e. The first kappa shape index (κ1) is 14.5. The van der Waals surface area contributed by atoms with Crippen molar-refractivity contribution in [3.05, 3.63) is 52.7 Å². The highest BCUT2D eigenvalue weighted by atomic mass is 32.1. The summed E-state index contributed by atoms with van der Waals surface area (Å²) in [6.07, 6.45) is 8.62. The van der Waals surface area contributed by atoms with Crippen LogP contribution in [0.15, 0.2) is 36.5 Å². The van der Waals surface area contributed by atoms with Crippen molar-refractivity contribution < 1.29 is 0 Å². The number of nitrogens with one attached hydrogen (secondary N) is 1. The molecule has 4 rings (SSSR count). The molecule has 0 spiro atoms. The molecule has 0 radical (unpaired) electrons. The van der Waals surface area contributed by atoms with Crippen LogP contribution in [0.2, 0.25) is 0 Å². The molecule has 0 amide bonds. The smallest absolute Gasteiger partial charge is 0.180 e. The molecule has 0 fully saturated rings. The van der Waals surface area contributed by atoms with Crippen LogP contribution in [-0.4, -0.2) is 34.5 Å². The van der Waals surface area contributed by atoms with E-state index in [4.69, 9.17) is 5.73 Å². The van der Waals surface area contributed by atoms with Gasteiger partial charge in [0.05, 0.1) is 5.69 Å². The molecule has 0 saturated heterocycles. The van der Waals surface area contributed by atoms with Crippen LogP contribution in [0, 0.1) is 0 Å². The molecule has 4 nitrogen and oxygen atoms in total. The van der Waals surface area contributed by atoms with Crippen LogP contribution in [-0.2, 0) is 12.8 Å². The van der Waals surface area contributed by atoms with Crippen molar-refractivity contribution in [2.45, 2.75) is 12.8 Å². The maximum absolute atomic E-state index is 5.80. The quantitative estimate of drug-likeness (QED) is 0.777. The zero-order chi connectivity index (χ0) is 15.6. The Bertz CT molecular complexity index is 820. The summed E-state index contributed by atoms with van der Waals surface area (Å²) in [7, 11) is 0. The molecule has 1 aliphatic rings. The van der Waals surface area contributed by atoms with Crippen LogP contribution in [0.5, 0.6) is 0 Å². The summed E-state index contributed by atoms with van der Waals surface area (Å²) < 4.78 is 0. The van der Waals surface area contributed by atoms with Crippen LogP contribution in [0.4, 0.5) is 5.13 Å². The molecule has 0 atom stereocenters. The van der Waals surface area contributed by atoms with E-state index in [9.17, 15) is 0 Å². The average Bonchev–Trinajstić information content (AvgIpc) is 3.08. The van der Waals surface area contributed by atoms with Gasteiger partial charge in [-0.15, -0.1) is 11.3 Å². The highest BCUT2D eigenvalue weighted by molar-refractivity contribution is 7.15. The molecule has 3 aromatic rings. The van der Waals surface area contributed by atoms with Gasteiger partial charge in [-0.2, -0.15) is 0 Å². The average molecular weight is 324 g/mol. The Morgan fingerprint density at radius 1 is 1.26 bits per heavy atom. The standard InChI is InChI=1S/C18H20N4S/c19-18-21-16-7-10-22(11-8-17(16)23-18)9-3-4-13-12-20-15-6-2-1-5-14(13)15/h1-6,12,20H,7-11H2,(H2,19,21). The maximum atomic E-state index is 5.80. The number of hydrogen-bond donors (Lipinski definition) is 2. The van der Waals surface area contributed by atoms with Crippen molar-refractivity contribution in [2.24, 2.45) is 0 Å². The van der Waals surface area contributed by atoms with Gasteiger partial charge in [0.25, 0.3) is 0 Å². The second-order valence-electron chi connectivity index (χ2n) is 5.91. The van der Waals surface area contributed by atoms with Gasteiger partial charge in [-0.25, -0.2) is 4.98 Å². The molecule has 3 heterocycles. The van der Waals surface area contributed by atoms with E-state index in [-0.39, 0.29) is 0 Å². The topological polar surface area (TPSA) is 57.9 Å². The predicted octanol–water partition coefficient (Wildman–Crippen LogP) is 3.32. The molecule has 1 aromatic carbocycles. The van der Waals surface area contributed by atoms with Gasteiger partial charge < -0.3 is 10.7 Å². The number of aromatic nitrogens is 2. The Kier molecular flexibility index (Phi) is 3.89. The number of H-pyrrole nitrogens is 1. The molecule has 23 heavy (non-hydrogen) atoms. The Labute approximate surface area is 139 Å². The zero-order valence-electron chi connectivity index (χ0n) is 13.0. The van der Waals surface area contributed by atoms with Gasteiger partial charge in [0.1, 0.15) is 0 Å². The third-order valence-electron chi connectivity index (χ3n) is 4.40. The lowest BCUT2D eigenvalue weighted by atomic mass is 10.1. The number of hydrogen-bond acceptors (Lipinski definition) is 4. The Balaban J connectivity index is 1.40. The fourth-order valence-electron chi connectivity index (χ4n) is 3.17. The van der Waals surface area contributed by atoms with E-state index in [2.05, 4.69) is 57.5 Å². The summed E-state index contributed by atoms with van der Waals surface area (Å²) in [5.41, 5.74) is 9.45. The molecule has 0 unspecified atom stereocenters. The second-order valence-corrected chi connectivity index (χ2v) is 7.03. The van der Waals surface area contributed by atoms with Gasteiger partial charge in [0.15, 0.2) is 5.13 Å². The first-order valence-electron chi connectivity index (χ1n) is 7.98. The summed E-state index contributed by atoms with van der Waals surface area (Å²) >= 11 is 1.65. The molecule has 1 aliphatic heterocycles. The van der Waals surface area contributed by atoms with Crippen molar-refractivity contribution in [2.75, 3.05) is 25.4 Å². The van der Waals surface area contributed by atoms with Gasteiger partial charge in [-0.1, -0.05) is 30.4 Å². The van der Waals surface area contributed by atoms with Crippen LogP contribution < -0.4 is 5.73 Å². The fourth-order valence-corrected chi connectivity index (χ4v) is 4.04. The Hall–Kier alpha value is -2.11. The SMILES string of the molecule is Nc1nc2c(s1)CCN(CC=Cc1c[nH]c3ccccc13)CC2. The lowest BCUT2D eigenvalue weighted by Crippen LogP contribution is -2.26. The Morgan fingerprint density at radius 2 is 2.13 bits per heavy atom. The number of thiazole rings is 1. The number of nitrogens with zero attached hydrogens (tertiary/aromatic N) is 2. The number of fused-ring (bicyclic) bond motifs is 2. The number of anilines is 1. The number of benzene rings is 1. The minimum atomic E-state index is 0.711. The summed E-state index contributed by atoms with van der Waals surface area (Å²) in [6, 6.07) is 8.41. The molecular formula is C18H20N4S. The summed E-state index contributed by atoms with van der Waals surface area (Å²) in [4.78, 5) is 11.6. The first-order chi connectivity index (χ1) is 11.3. The number of para-hydroxylation sites is 1. The lowest BCUT2D eigenvalue weighted by molar-refractivity contribution is 0.318. The molecule has 0 aliphatic carbocycles. The number of nitrogens with two attached hydrogens (primary N) is 1. The van der Waals surface area contributed by atoms with Crippen LogP contribution >= 0.6 is 11.3 Å². The zero-order valence-corrected chi connectivity index (χ0v) is 13.8. The van der Waals surface area contributed by atoms with Crippen molar-refractivity contribution in [1.29, 1.82) is 0 Å². The number of aromatic amines is 1. The third kappa shape index (κ3) is 3.02. The molecule has 2 aromatic heterocycles. The van der Waals surface area contributed by atoms with E-state index in [0.717, 1.165) is 32.5 Å². The van der Waals surface area contributed by atoms with Crippen LogP contribution in [0.1, 0.15) is 16.1 Å². The van der Waals surface area contributed by atoms with Gasteiger partial charge in [0, 0.05) is 48.0 Å². The van der Waals surface area contributed by atoms with Crippen molar-refractivity contribution in [1.82, 2.24) is 14.9 Å². The molecule has 118 valence electrons. The van der Waals surface area contributed by atoms with Gasteiger partial charge in [-0.3, -0.25) is 4.90 Å². The predicted molar refractivity (Wildman–Crippen MR) is 97.7 cm³/mol. The molecule has 3 N–H and O–H groups in total. The van der Waals surface area contributed by atoms with E-state index in [0.29, 0.717) is 5.13 Å². The number of nitrogen functional groups attached to an aromatic ring is 1. The van der Waals surface area contributed by atoms with Crippen molar-refractivity contribution in [3.8, 4) is 0 Å². The van der Waals surface area contributed by atoms with E-state index in [1.807, 2.05) is 0 Å². The Morgan fingerprint density at radius 3 is 3.09 bits per heavy atom. The maximum Gasteiger partial charge on any atom is 0.180 e. The summed E-state index contributed by atoms with van der Waals surface area (Å²) in [5.74, 6) is 0. The van der Waals surface area contributed by atoms with Crippen molar-refractivity contribution in [3.63, 3.8) is 0 Å². The van der Waals surface area contributed by atoms with E-state index in [1.54, 1.807) is 11.3 Å². The summed E-state index contributed by atoms with van der Waals surface area (Å²) in [5, 5.41) is 1.99. The summed E-state index contributed by atoms with van der Waals surface area (Å²) in [6.45, 7) is 3.10. The highest BCUT2D eigenvalue weighted by Crippen LogP contribution is 2.24. The normalized spacial score (nSPS) is 16.0. The van der Waals surface area contributed by atoms with E-state index in [1.165, 1.54) is 27.0 Å². The second kappa shape index (κ2) is 6.18. The van der Waals surface area contributed by atoms with Crippen LogP contribution in [0.25, 0.3) is 17.0 Å². The lowest BCUT2D eigenvalue weighted by Gasteiger charge is -2.17. The van der Waals surface area contributed by atoms with Crippen molar-refractivity contribution >= 4 is 33.4 Å². The van der Waals surface area contributed by atoms with E-state index < -0.39 is 0 Å². The molecular weight excluding hydrogens is 304 g/mol. The monoisotopic (exact) mass is 324 g/mol. The highest BCUT2D eigenvalue weighted by Gasteiger charge is 2.16. The van der Waals surface area contributed by atoms with Crippen LogP contribution in [0.3, 0.4) is 0 Å². The van der Waals surface area contributed by atoms with Gasteiger partial charge in [-0.05, 0) is 18.1 Å². The fraction of sp³-hybridized carbons (Fsp3) is 0.278.